The molecule has 2 rings (SSSR count). The van der Waals surface area contributed by atoms with Crippen LogP contribution in [-0.4, -0.2) is 13.1 Å². The van der Waals surface area contributed by atoms with E-state index in [0.29, 0.717) is 0 Å². The summed E-state index contributed by atoms with van der Waals surface area (Å²) in [7, 11) is 1.34. The Morgan fingerprint density at radius 3 is 2.29 bits per heavy atom. The third-order valence-corrected chi connectivity index (χ3v) is 3.02. The normalized spacial score (nSPS) is 10.3. The maximum absolute atomic E-state index is 11.2. The van der Waals surface area contributed by atoms with Gasteiger partial charge in [-0.2, -0.15) is 0 Å². The van der Waals surface area contributed by atoms with Crippen LogP contribution in [0.1, 0.15) is 11.1 Å². The highest BCUT2D eigenvalue weighted by atomic mass is 16.5. The number of ether oxygens (including phenoxy) is 1. The van der Waals surface area contributed by atoms with Gasteiger partial charge in [0.2, 0.25) is 0 Å². The van der Waals surface area contributed by atoms with Gasteiger partial charge in [0.15, 0.2) is 0 Å². The number of carbonyl (C=O) groups excluding carboxylic acids is 1. The van der Waals surface area contributed by atoms with E-state index in [2.05, 4.69) is 28.4 Å². The molecular weight excluding hydrogens is 296 g/mol. The molecule has 2 nitrogen and oxygen atoms in total. The standard InChI is InChI=1S/C22H16O2/c1-24-22(23)18-10-17-21(20-14-6-3-7-15-20)16-9-8-13-19-11-4-2-5-12-19/h2-7,10-12,14-15,17-18H,1H3/b18-10-,21-17+. The first-order valence-corrected chi connectivity index (χ1v) is 7.38. The molecule has 0 saturated carbocycles. The van der Waals surface area contributed by atoms with Crippen LogP contribution in [0.2, 0.25) is 0 Å². The molecule has 0 aliphatic rings. The first-order valence-electron chi connectivity index (χ1n) is 7.38. The summed E-state index contributed by atoms with van der Waals surface area (Å²) < 4.78 is 4.57. The number of hydrogen-bond donors (Lipinski definition) is 0. The summed E-state index contributed by atoms with van der Waals surface area (Å²) in [5, 5.41) is 0. The molecule has 0 spiro atoms. The lowest BCUT2D eigenvalue weighted by atomic mass is 10.1. The van der Waals surface area contributed by atoms with Gasteiger partial charge in [-0.05, 0) is 35.6 Å². The highest BCUT2D eigenvalue weighted by Gasteiger charge is 1.96. The highest BCUT2D eigenvalue weighted by molar-refractivity contribution is 5.84. The number of allylic oxidation sites excluding steroid dienone is 3. The van der Waals surface area contributed by atoms with Crippen LogP contribution in [0, 0.1) is 23.7 Å². The van der Waals surface area contributed by atoms with Crippen LogP contribution in [0.15, 0.2) is 78.9 Å². The molecular formula is C22H16O2. The molecule has 0 fully saturated rings. The summed E-state index contributed by atoms with van der Waals surface area (Å²) >= 11 is 0. The summed E-state index contributed by atoms with van der Waals surface area (Å²) in [5.41, 5.74) is 2.65. The van der Waals surface area contributed by atoms with Crippen molar-refractivity contribution in [3.63, 3.8) is 0 Å². The summed E-state index contributed by atoms with van der Waals surface area (Å²) in [6.45, 7) is 0. The SMILES string of the molecule is COC(=O)/C=C\C=C(/C#CC#Cc1ccccc1)c1ccccc1. The largest absolute Gasteiger partial charge is 0.466 e. The Labute approximate surface area is 142 Å². The van der Waals surface area contributed by atoms with E-state index in [1.54, 1.807) is 12.2 Å². The van der Waals surface area contributed by atoms with E-state index in [1.807, 2.05) is 60.7 Å². The highest BCUT2D eigenvalue weighted by Crippen LogP contribution is 2.12. The zero-order valence-corrected chi connectivity index (χ0v) is 13.3. The van der Waals surface area contributed by atoms with E-state index in [0.717, 1.165) is 16.7 Å². The molecule has 0 radical (unpaired) electrons. The van der Waals surface area contributed by atoms with Crippen molar-refractivity contribution in [3.05, 3.63) is 90.0 Å². The Kier molecular flexibility index (Phi) is 6.69. The molecule has 0 N–H and O–H groups in total. The van der Waals surface area contributed by atoms with Gasteiger partial charge in [0.25, 0.3) is 0 Å². The van der Waals surface area contributed by atoms with E-state index < -0.39 is 5.97 Å². The van der Waals surface area contributed by atoms with Crippen LogP contribution in [0.5, 0.6) is 0 Å². The van der Waals surface area contributed by atoms with Crippen molar-refractivity contribution in [1.29, 1.82) is 0 Å². The molecule has 0 atom stereocenters. The Morgan fingerprint density at radius 2 is 1.62 bits per heavy atom. The molecule has 2 aromatic carbocycles. The summed E-state index contributed by atoms with van der Waals surface area (Å²) in [4.78, 5) is 11.2. The molecule has 0 unspecified atom stereocenters. The first-order chi connectivity index (χ1) is 11.8. The van der Waals surface area contributed by atoms with E-state index in [-0.39, 0.29) is 0 Å². The predicted octanol–water partition coefficient (Wildman–Crippen LogP) is 3.85. The fourth-order valence-electron chi connectivity index (χ4n) is 1.84. The third kappa shape index (κ3) is 5.72. The minimum absolute atomic E-state index is 0.407. The monoisotopic (exact) mass is 312 g/mol. The van der Waals surface area contributed by atoms with Crippen molar-refractivity contribution in [2.24, 2.45) is 0 Å². The van der Waals surface area contributed by atoms with Gasteiger partial charge >= 0.3 is 5.97 Å². The van der Waals surface area contributed by atoms with Gasteiger partial charge in [0.1, 0.15) is 0 Å². The van der Waals surface area contributed by atoms with Gasteiger partial charge in [-0.25, -0.2) is 4.79 Å². The van der Waals surface area contributed by atoms with Crippen molar-refractivity contribution in [3.8, 4) is 23.7 Å². The lowest BCUT2D eigenvalue weighted by Gasteiger charge is -1.97. The average molecular weight is 312 g/mol. The van der Waals surface area contributed by atoms with Gasteiger partial charge in [-0.15, -0.1) is 0 Å². The third-order valence-electron chi connectivity index (χ3n) is 3.02. The second-order valence-electron chi connectivity index (χ2n) is 4.69. The van der Waals surface area contributed by atoms with Crippen LogP contribution in [0.3, 0.4) is 0 Å². The Bertz CT molecular complexity index is 852. The Hall–Kier alpha value is -3.49. The molecule has 0 aliphatic carbocycles. The summed E-state index contributed by atoms with van der Waals surface area (Å²) in [6.07, 6.45) is 4.73. The van der Waals surface area contributed by atoms with Crippen LogP contribution in [0.25, 0.3) is 5.57 Å². The minimum atomic E-state index is -0.407. The van der Waals surface area contributed by atoms with Gasteiger partial charge < -0.3 is 4.74 Å². The molecule has 116 valence electrons. The Morgan fingerprint density at radius 1 is 0.958 bits per heavy atom. The Balaban J connectivity index is 2.23. The summed E-state index contributed by atoms with van der Waals surface area (Å²) in [5.74, 6) is 11.3. The van der Waals surface area contributed by atoms with Crippen molar-refractivity contribution < 1.29 is 9.53 Å². The molecule has 0 amide bonds. The van der Waals surface area contributed by atoms with Crippen molar-refractivity contribution in [2.45, 2.75) is 0 Å². The van der Waals surface area contributed by atoms with Gasteiger partial charge in [0.05, 0.1) is 7.11 Å². The van der Waals surface area contributed by atoms with Crippen molar-refractivity contribution >= 4 is 11.5 Å². The maximum atomic E-state index is 11.2. The van der Waals surface area contributed by atoms with Gasteiger partial charge in [0, 0.05) is 17.2 Å². The molecule has 0 aliphatic heterocycles. The van der Waals surface area contributed by atoms with Crippen LogP contribution < -0.4 is 0 Å². The topological polar surface area (TPSA) is 26.3 Å². The van der Waals surface area contributed by atoms with Crippen molar-refractivity contribution in [1.82, 2.24) is 0 Å². The van der Waals surface area contributed by atoms with Gasteiger partial charge in [-0.3, -0.25) is 0 Å². The second kappa shape index (κ2) is 9.51. The second-order valence-corrected chi connectivity index (χ2v) is 4.69. The smallest absolute Gasteiger partial charge is 0.330 e. The molecule has 0 saturated heterocycles. The van der Waals surface area contributed by atoms with E-state index in [1.165, 1.54) is 13.2 Å². The number of benzene rings is 2. The molecule has 0 aromatic heterocycles. The molecule has 2 aromatic rings. The lowest BCUT2D eigenvalue weighted by Crippen LogP contribution is -1.92. The number of methoxy groups -OCH3 is 1. The summed E-state index contributed by atoms with van der Waals surface area (Å²) in [6, 6.07) is 19.4. The molecule has 24 heavy (non-hydrogen) atoms. The zero-order valence-electron chi connectivity index (χ0n) is 13.3. The van der Waals surface area contributed by atoms with Crippen molar-refractivity contribution in [2.75, 3.05) is 7.11 Å². The maximum Gasteiger partial charge on any atom is 0.330 e. The quantitative estimate of drug-likeness (QED) is 0.372. The number of rotatable bonds is 3. The predicted molar refractivity (Wildman–Crippen MR) is 96.7 cm³/mol. The van der Waals surface area contributed by atoms with E-state index in [4.69, 9.17) is 0 Å². The molecule has 0 heterocycles. The fraction of sp³-hybridized carbons (Fsp3) is 0.0455. The number of esters is 1. The minimum Gasteiger partial charge on any atom is -0.466 e. The lowest BCUT2D eigenvalue weighted by molar-refractivity contribution is -0.134. The number of carbonyl (C=O) groups is 1. The first kappa shape index (κ1) is 16.9. The van der Waals surface area contributed by atoms with Crippen LogP contribution in [0.4, 0.5) is 0 Å². The van der Waals surface area contributed by atoms with Crippen LogP contribution >= 0.6 is 0 Å². The number of hydrogen-bond acceptors (Lipinski definition) is 2. The van der Waals surface area contributed by atoms with E-state index >= 15 is 0 Å². The molecule has 2 heteroatoms. The van der Waals surface area contributed by atoms with Gasteiger partial charge in [-0.1, -0.05) is 66.4 Å². The fourth-order valence-corrected chi connectivity index (χ4v) is 1.84. The van der Waals surface area contributed by atoms with E-state index in [9.17, 15) is 4.79 Å². The molecule has 0 bridgehead atoms. The van der Waals surface area contributed by atoms with Crippen LogP contribution in [-0.2, 0) is 9.53 Å². The average Bonchev–Trinajstić information content (AvgIpc) is 2.65. The zero-order chi connectivity index (χ0) is 17.0.